The fourth-order valence-electron chi connectivity index (χ4n) is 3.64. The van der Waals surface area contributed by atoms with Crippen LogP contribution in [-0.4, -0.2) is 45.6 Å². The largest absolute Gasteiger partial charge is 0.468 e. The average molecular weight is 414 g/mol. The number of rotatable bonds is 5. The van der Waals surface area contributed by atoms with Gasteiger partial charge in [0.1, 0.15) is 5.92 Å². The van der Waals surface area contributed by atoms with Gasteiger partial charge in [0.2, 0.25) is 0 Å². The standard InChI is InChI=1S/C20H22N4O6/c1-10(2)30-20(26)17-16-15(12-7-6-8-13(9-12)24(27)28)14(19(25)29-5)11(3)21-18(16)23(4)22-17/h6-10,14-15H,1-5H3. The van der Waals surface area contributed by atoms with Crippen LogP contribution in [0.2, 0.25) is 0 Å². The third-order valence-electron chi connectivity index (χ3n) is 4.86. The maximum atomic E-state index is 12.7. The van der Waals surface area contributed by atoms with Crippen LogP contribution >= 0.6 is 0 Å². The van der Waals surface area contributed by atoms with Crippen LogP contribution in [0.15, 0.2) is 29.3 Å². The van der Waals surface area contributed by atoms with Gasteiger partial charge in [0.05, 0.1) is 18.1 Å². The summed E-state index contributed by atoms with van der Waals surface area (Å²) < 4.78 is 11.7. The zero-order chi connectivity index (χ0) is 22.2. The highest BCUT2D eigenvalue weighted by molar-refractivity contribution is 6.06. The molecule has 158 valence electrons. The molecular formula is C20H22N4O6. The average Bonchev–Trinajstić information content (AvgIpc) is 3.02. The molecule has 2 aromatic rings. The number of nitro groups is 1. The summed E-state index contributed by atoms with van der Waals surface area (Å²) >= 11 is 0. The molecule has 0 aliphatic carbocycles. The van der Waals surface area contributed by atoms with E-state index in [2.05, 4.69) is 10.1 Å². The molecule has 2 unspecified atom stereocenters. The molecule has 0 amide bonds. The van der Waals surface area contributed by atoms with Crippen LogP contribution in [0.5, 0.6) is 0 Å². The maximum absolute atomic E-state index is 12.7. The number of nitro benzene ring substituents is 1. The van der Waals surface area contributed by atoms with Crippen LogP contribution in [0.1, 0.15) is 48.3 Å². The molecule has 0 fully saturated rings. The van der Waals surface area contributed by atoms with E-state index in [1.54, 1.807) is 33.9 Å². The molecule has 0 saturated heterocycles. The van der Waals surface area contributed by atoms with Crippen molar-refractivity contribution in [2.24, 2.45) is 18.0 Å². The molecule has 1 aliphatic heterocycles. The lowest BCUT2D eigenvalue weighted by molar-refractivity contribution is -0.384. The number of benzene rings is 1. The molecule has 0 saturated carbocycles. The summed E-state index contributed by atoms with van der Waals surface area (Å²) in [5.41, 5.74) is 1.19. The lowest BCUT2D eigenvalue weighted by atomic mass is 9.76. The predicted molar refractivity (Wildman–Crippen MR) is 107 cm³/mol. The lowest BCUT2D eigenvalue weighted by Gasteiger charge is -2.29. The second kappa shape index (κ2) is 8.05. The summed E-state index contributed by atoms with van der Waals surface area (Å²) in [6.45, 7) is 5.10. The van der Waals surface area contributed by atoms with Gasteiger partial charge in [0.15, 0.2) is 11.5 Å². The first-order chi connectivity index (χ1) is 14.1. The lowest BCUT2D eigenvalue weighted by Crippen LogP contribution is -2.33. The van der Waals surface area contributed by atoms with E-state index in [-0.39, 0.29) is 17.5 Å². The van der Waals surface area contributed by atoms with E-state index in [4.69, 9.17) is 9.47 Å². The highest BCUT2D eigenvalue weighted by Crippen LogP contribution is 2.45. The molecule has 0 bridgehead atoms. The molecule has 1 aromatic carbocycles. The number of methoxy groups -OCH3 is 1. The van der Waals surface area contributed by atoms with Gasteiger partial charge in [-0.3, -0.25) is 14.9 Å². The van der Waals surface area contributed by atoms with Gasteiger partial charge < -0.3 is 9.47 Å². The minimum atomic E-state index is -0.876. The number of carbonyl (C=O) groups is 2. The number of nitrogens with zero attached hydrogens (tertiary/aromatic N) is 4. The number of esters is 2. The summed E-state index contributed by atoms with van der Waals surface area (Å²) in [6.07, 6.45) is -0.378. The number of ether oxygens (including phenoxy) is 2. The first-order valence-electron chi connectivity index (χ1n) is 9.30. The van der Waals surface area contributed by atoms with Crippen LogP contribution in [-0.2, 0) is 21.3 Å². The Morgan fingerprint density at radius 1 is 1.30 bits per heavy atom. The second-order valence-electron chi connectivity index (χ2n) is 7.25. The Morgan fingerprint density at radius 3 is 2.60 bits per heavy atom. The smallest absolute Gasteiger partial charge is 0.359 e. The van der Waals surface area contributed by atoms with Crippen molar-refractivity contribution in [1.29, 1.82) is 0 Å². The van der Waals surface area contributed by atoms with Crippen LogP contribution in [0, 0.1) is 16.0 Å². The molecule has 1 aromatic heterocycles. The molecule has 0 N–H and O–H groups in total. The number of carbonyl (C=O) groups excluding carboxylic acids is 2. The van der Waals surface area contributed by atoms with Crippen LogP contribution in [0.3, 0.4) is 0 Å². The van der Waals surface area contributed by atoms with E-state index in [1.165, 1.54) is 30.0 Å². The van der Waals surface area contributed by atoms with Crippen molar-refractivity contribution in [2.75, 3.05) is 7.11 Å². The van der Waals surface area contributed by atoms with Crippen molar-refractivity contribution >= 4 is 29.2 Å². The quantitative estimate of drug-likeness (QED) is 0.418. The van der Waals surface area contributed by atoms with Gasteiger partial charge in [-0.05, 0) is 26.3 Å². The number of fused-ring (bicyclic) bond motifs is 1. The first-order valence-corrected chi connectivity index (χ1v) is 9.30. The summed E-state index contributed by atoms with van der Waals surface area (Å²) in [5.74, 6) is -2.46. The van der Waals surface area contributed by atoms with E-state index in [9.17, 15) is 19.7 Å². The third kappa shape index (κ3) is 3.68. The number of aryl methyl sites for hydroxylation is 1. The fourth-order valence-corrected chi connectivity index (χ4v) is 3.64. The van der Waals surface area contributed by atoms with Crippen LogP contribution in [0.4, 0.5) is 11.5 Å². The number of aliphatic imine (C=N–C) groups is 1. The molecule has 2 atom stereocenters. The first kappa shape index (κ1) is 21.2. The maximum Gasteiger partial charge on any atom is 0.359 e. The van der Waals surface area contributed by atoms with Gasteiger partial charge in [-0.15, -0.1) is 0 Å². The Balaban J connectivity index is 2.28. The number of hydrogen-bond donors (Lipinski definition) is 0. The molecule has 2 heterocycles. The van der Waals surface area contributed by atoms with E-state index in [0.29, 0.717) is 22.7 Å². The minimum absolute atomic E-state index is 0.0165. The zero-order valence-corrected chi connectivity index (χ0v) is 17.3. The van der Waals surface area contributed by atoms with Crippen LogP contribution in [0.25, 0.3) is 0 Å². The van der Waals surface area contributed by atoms with Gasteiger partial charge in [0.25, 0.3) is 5.69 Å². The molecule has 0 spiro atoms. The Bertz CT molecular complexity index is 1060. The Hall–Kier alpha value is -3.56. The SMILES string of the molecule is COC(=O)C1C(C)=Nc2c(c(C(=O)OC(C)C)nn2C)C1c1cccc([N+](=O)[O-])c1. The summed E-state index contributed by atoms with van der Waals surface area (Å²) in [7, 11) is 2.89. The Kier molecular flexibility index (Phi) is 5.68. The van der Waals surface area contributed by atoms with Gasteiger partial charge in [-0.2, -0.15) is 5.10 Å². The zero-order valence-electron chi connectivity index (χ0n) is 17.3. The highest BCUT2D eigenvalue weighted by Gasteiger charge is 2.43. The number of non-ortho nitro benzene ring substituents is 1. The van der Waals surface area contributed by atoms with Gasteiger partial charge in [0, 0.05) is 36.4 Å². The van der Waals surface area contributed by atoms with Crippen molar-refractivity contribution in [3.05, 3.63) is 51.2 Å². The van der Waals surface area contributed by atoms with Crippen LogP contribution < -0.4 is 0 Å². The molecule has 0 radical (unpaired) electrons. The molecular weight excluding hydrogens is 392 g/mol. The third-order valence-corrected chi connectivity index (χ3v) is 4.86. The number of hydrogen-bond acceptors (Lipinski definition) is 8. The molecule has 10 heteroatoms. The molecule has 10 nitrogen and oxygen atoms in total. The van der Waals surface area contributed by atoms with Crippen molar-refractivity contribution in [1.82, 2.24) is 9.78 Å². The monoisotopic (exact) mass is 414 g/mol. The van der Waals surface area contributed by atoms with Crippen molar-refractivity contribution in [3.8, 4) is 0 Å². The topological polar surface area (TPSA) is 126 Å². The van der Waals surface area contributed by atoms with E-state index in [0.717, 1.165) is 0 Å². The van der Waals surface area contributed by atoms with Crippen molar-refractivity contribution in [3.63, 3.8) is 0 Å². The Morgan fingerprint density at radius 2 is 2.00 bits per heavy atom. The highest BCUT2D eigenvalue weighted by atomic mass is 16.6. The summed E-state index contributed by atoms with van der Waals surface area (Å²) in [5, 5.41) is 15.6. The normalized spacial score (nSPS) is 17.9. The van der Waals surface area contributed by atoms with E-state index < -0.39 is 28.7 Å². The van der Waals surface area contributed by atoms with E-state index >= 15 is 0 Å². The predicted octanol–water partition coefficient (Wildman–Crippen LogP) is 2.92. The van der Waals surface area contributed by atoms with Crippen molar-refractivity contribution in [2.45, 2.75) is 32.8 Å². The van der Waals surface area contributed by atoms with Crippen molar-refractivity contribution < 1.29 is 24.0 Å². The summed E-state index contributed by atoms with van der Waals surface area (Å²) in [6, 6.07) is 5.94. The Labute approximate surface area is 172 Å². The molecule has 30 heavy (non-hydrogen) atoms. The van der Waals surface area contributed by atoms with E-state index in [1.807, 2.05) is 0 Å². The van der Waals surface area contributed by atoms with Gasteiger partial charge >= 0.3 is 11.9 Å². The molecule has 1 aliphatic rings. The van der Waals surface area contributed by atoms with Gasteiger partial charge in [-0.25, -0.2) is 14.5 Å². The number of aromatic nitrogens is 2. The molecule has 3 rings (SSSR count). The minimum Gasteiger partial charge on any atom is -0.468 e. The second-order valence-corrected chi connectivity index (χ2v) is 7.25. The summed E-state index contributed by atoms with van der Waals surface area (Å²) in [4.78, 5) is 40.7. The van der Waals surface area contributed by atoms with Gasteiger partial charge in [-0.1, -0.05) is 12.1 Å². The fraction of sp³-hybridized carbons (Fsp3) is 0.400.